The van der Waals surface area contributed by atoms with Crippen molar-refractivity contribution in [3.63, 3.8) is 0 Å². The standard InChI is InChI=1S/C19H35N5O2.HI/c1-5-20-19(21-8-6-9-26-18-7-10-25-14-18)22-12-15(2)13-24-17(4)11-16(3)23-24;/h11,15,18H,5-10,12-14H2,1-4H3,(H2,20,21,22);1H. The fraction of sp³-hybridized carbons (Fsp3) is 0.789. The predicted octanol–water partition coefficient (Wildman–Crippen LogP) is 2.50. The normalized spacial score (nSPS) is 18.2. The Hall–Kier alpha value is -0.870. The predicted molar refractivity (Wildman–Crippen MR) is 120 cm³/mol. The number of aromatic nitrogens is 2. The Kier molecular flexibility index (Phi) is 11.9. The number of aryl methyl sites for hydroxylation is 2. The highest BCUT2D eigenvalue weighted by molar-refractivity contribution is 14.0. The van der Waals surface area contributed by atoms with E-state index in [0.29, 0.717) is 5.92 Å². The molecule has 0 aromatic carbocycles. The Bertz CT molecular complexity index is 558. The number of hydrogen-bond acceptors (Lipinski definition) is 4. The van der Waals surface area contributed by atoms with Crippen molar-refractivity contribution in [3.8, 4) is 0 Å². The topological polar surface area (TPSA) is 72.7 Å². The van der Waals surface area contributed by atoms with Crippen LogP contribution in [-0.2, 0) is 16.0 Å². The Morgan fingerprint density at radius 3 is 2.89 bits per heavy atom. The number of halogens is 1. The molecule has 0 spiro atoms. The summed E-state index contributed by atoms with van der Waals surface area (Å²) in [6.45, 7) is 14.1. The van der Waals surface area contributed by atoms with E-state index < -0.39 is 0 Å². The zero-order valence-electron chi connectivity index (χ0n) is 17.2. The number of guanidine groups is 1. The summed E-state index contributed by atoms with van der Waals surface area (Å²) in [5.41, 5.74) is 2.27. The number of nitrogens with zero attached hydrogens (tertiary/aromatic N) is 3. The Morgan fingerprint density at radius 1 is 1.44 bits per heavy atom. The first-order chi connectivity index (χ1) is 12.6. The zero-order valence-corrected chi connectivity index (χ0v) is 19.5. The van der Waals surface area contributed by atoms with Crippen molar-refractivity contribution >= 4 is 29.9 Å². The minimum absolute atomic E-state index is 0. The number of ether oxygens (including phenoxy) is 2. The fourth-order valence-electron chi connectivity index (χ4n) is 2.97. The highest BCUT2D eigenvalue weighted by Gasteiger charge is 2.15. The van der Waals surface area contributed by atoms with Gasteiger partial charge in [0.2, 0.25) is 0 Å². The van der Waals surface area contributed by atoms with E-state index in [9.17, 15) is 0 Å². The Labute approximate surface area is 180 Å². The fourth-order valence-corrected chi connectivity index (χ4v) is 2.97. The average Bonchev–Trinajstić information content (AvgIpc) is 3.22. The minimum atomic E-state index is 0. The first kappa shape index (κ1) is 24.2. The van der Waals surface area contributed by atoms with E-state index in [1.54, 1.807) is 0 Å². The zero-order chi connectivity index (χ0) is 18.8. The van der Waals surface area contributed by atoms with E-state index >= 15 is 0 Å². The van der Waals surface area contributed by atoms with Gasteiger partial charge in [0, 0.05) is 45.1 Å². The van der Waals surface area contributed by atoms with Crippen molar-refractivity contribution in [2.75, 3.05) is 39.5 Å². The third kappa shape index (κ3) is 9.25. The average molecular weight is 493 g/mol. The SMILES string of the molecule is CCNC(=NCC(C)Cn1nc(C)cc1C)NCCCOC1CCOC1.I. The van der Waals surface area contributed by atoms with Gasteiger partial charge in [0.25, 0.3) is 0 Å². The van der Waals surface area contributed by atoms with Crippen molar-refractivity contribution < 1.29 is 9.47 Å². The first-order valence-corrected chi connectivity index (χ1v) is 9.81. The van der Waals surface area contributed by atoms with E-state index in [1.807, 2.05) is 6.92 Å². The van der Waals surface area contributed by atoms with Crippen LogP contribution in [0.2, 0.25) is 0 Å². The smallest absolute Gasteiger partial charge is 0.191 e. The van der Waals surface area contributed by atoms with Crippen LogP contribution in [0.1, 0.15) is 38.1 Å². The second-order valence-corrected chi connectivity index (χ2v) is 7.07. The van der Waals surface area contributed by atoms with Gasteiger partial charge in [0.1, 0.15) is 0 Å². The molecule has 2 rings (SSSR count). The Morgan fingerprint density at radius 2 is 2.26 bits per heavy atom. The molecule has 0 radical (unpaired) electrons. The van der Waals surface area contributed by atoms with Crippen LogP contribution in [0.4, 0.5) is 0 Å². The summed E-state index contributed by atoms with van der Waals surface area (Å²) in [6, 6.07) is 2.11. The monoisotopic (exact) mass is 493 g/mol. The molecule has 2 unspecified atom stereocenters. The number of rotatable bonds is 10. The maximum Gasteiger partial charge on any atom is 0.191 e. The lowest BCUT2D eigenvalue weighted by Gasteiger charge is -2.15. The van der Waals surface area contributed by atoms with E-state index in [-0.39, 0.29) is 30.1 Å². The van der Waals surface area contributed by atoms with Crippen LogP contribution in [-0.4, -0.2) is 61.3 Å². The summed E-state index contributed by atoms with van der Waals surface area (Å²) in [5.74, 6) is 1.30. The molecule has 2 heterocycles. The maximum absolute atomic E-state index is 5.79. The molecule has 27 heavy (non-hydrogen) atoms. The number of nitrogens with one attached hydrogen (secondary N) is 2. The van der Waals surface area contributed by atoms with Crippen LogP contribution in [0, 0.1) is 19.8 Å². The van der Waals surface area contributed by atoms with Gasteiger partial charge in [0.05, 0.1) is 18.4 Å². The van der Waals surface area contributed by atoms with E-state index in [2.05, 4.69) is 47.3 Å². The van der Waals surface area contributed by atoms with Gasteiger partial charge in [-0.05, 0) is 45.6 Å². The Balaban J connectivity index is 0.00000364. The molecule has 1 aromatic heterocycles. The van der Waals surface area contributed by atoms with E-state index in [1.165, 1.54) is 5.69 Å². The van der Waals surface area contributed by atoms with Crippen LogP contribution in [0.25, 0.3) is 0 Å². The lowest BCUT2D eigenvalue weighted by molar-refractivity contribution is 0.0420. The molecule has 1 aromatic rings. The summed E-state index contributed by atoms with van der Waals surface area (Å²) < 4.78 is 13.2. The molecular formula is C19H36IN5O2. The summed E-state index contributed by atoms with van der Waals surface area (Å²) >= 11 is 0. The molecule has 1 aliphatic heterocycles. The third-order valence-corrected chi connectivity index (χ3v) is 4.35. The minimum Gasteiger partial charge on any atom is -0.379 e. The van der Waals surface area contributed by atoms with Gasteiger partial charge in [-0.1, -0.05) is 6.92 Å². The summed E-state index contributed by atoms with van der Waals surface area (Å²) in [5, 5.41) is 11.2. The van der Waals surface area contributed by atoms with Crippen LogP contribution in [0.5, 0.6) is 0 Å². The summed E-state index contributed by atoms with van der Waals surface area (Å²) in [7, 11) is 0. The van der Waals surface area contributed by atoms with E-state index in [0.717, 1.165) is 70.5 Å². The molecule has 1 fully saturated rings. The van der Waals surface area contributed by atoms with Crippen molar-refractivity contribution in [1.82, 2.24) is 20.4 Å². The third-order valence-electron chi connectivity index (χ3n) is 4.35. The number of hydrogen-bond donors (Lipinski definition) is 2. The molecule has 2 N–H and O–H groups in total. The van der Waals surface area contributed by atoms with Crippen LogP contribution < -0.4 is 10.6 Å². The lowest BCUT2D eigenvalue weighted by Crippen LogP contribution is -2.38. The van der Waals surface area contributed by atoms with Crippen molar-refractivity contribution in [1.29, 1.82) is 0 Å². The molecule has 1 saturated heterocycles. The second-order valence-electron chi connectivity index (χ2n) is 7.07. The van der Waals surface area contributed by atoms with Crippen molar-refractivity contribution in [2.24, 2.45) is 10.9 Å². The van der Waals surface area contributed by atoms with Gasteiger partial charge >= 0.3 is 0 Å². The molecule has 0 saturated carbocycles. The molecule has 0 amide bonds. The highest BCUT2D eigenvalue weighted by atomic mass is 127. The molecule has 0 bridgehead atoms. The molecule has 2 atom stereocenters. The van der Waals surface area contributed by atoms with Crippen LogP contribution in [0.15, 0.2) is 11.1 Å². The van der Waals surface area contributed by atoms with Gasteiger partial charge in [-0.3, -0.25) is 9.67 Å². The second kappa shape index (κ2) is 13.3. The van der Waals surface area contributed by atoms with Gasteiger partial charge in [-0.15, -0.1) is 24.0 Å². The van der Waals surface area contributed by atoms with Gasteiger partial charge < -0.3 is 20.1 Å². The first-order valence-electron chi connectivity index (χ1n) is 9.81. The summed E-state index contributed by atoms with van der Waals surface area (Å²) in [4.78, 5) is 4.71. The quantitative estimate of drug-likeness (QED) is 0.227. The lowest BCUT2D eigenvalue weighted by atomic mass is 10.2. The van der Waals surface area contributed by atoms with Crippen LogP contribution >= 0.6 is 24.0 Å². The van der Waals surface area contributed by atoms with Gasteiger partial charge in [-0.2, -0.15) is 5.10 Å². The van der Waals surface area contributed by atoms with Crippen molar-refractivity contribution in [2.45, 2.75) is 53.2 Å². The molecular weight excluding hydrogens is 457 g/mol. The van der Waals surface area contributed by atoms with Crippen LogP contribution in [0.3, 0.4) is 0 Å². The van der Waals surface area contributed by atoms with Gasteiger partial charge in [0.15, 0.2) is 5.96 Å². The molecule has 1 aliphatic rings. The van der Waals surface area contributed by atoms with Gasteiger partial charge in [-0.25, -0.2) is 0 Å². The molecule has 8 heteroatoms. The number of aliphatic imine (C=N–C) groups is 1. The van der Waals surface area contributed by atoms with Crippen molar-refractivity contribution in [3.05, 3.63) is 17.5 Å². The molecule has 7 nitrogen and oxygen atoms in total. The molecule has 0 aliphatic carbocycles. The van der Waals surface area contributed by atoms with E-state index in [4.69, 9.17) is 14.5 Å². The maximum atomic E-state index is 5.79. The largest absolute Gasteiger partial charge is 0.379 e. The summed E-state index contributed by atoms with van der Waals surface area (Å²) in [6.07, 6.45) is 2.26. The highest BCUT2D eigenvalue weighted by Crippen LogP contribution is 2.08. The molecule has 156 valence electrons.